The van der Waals surface area contributed by atoms with Gasteiger partial charge in [-0.2, -0.15) is 0 Å². The zero-order valence-electron chi connectivity index (χ0n) is 14.9. The van der Waals surface area contributed by atoms with Crippen LogP contribution >= 0.6 is 11.6 Å². The fourth-order valence-corrected chi connectivity index (χ4v) is 5.02. The molecule has 1 N–H and O–H groups in total. The summed E-state index contributed by atoms with van der Waals surface area (Å²) in [6.07, 6.45) is 0.535. The first-order valence-corrected chi connectivity index (χ1v) is 10.7. The molecule has 1 aliphatic rings. The maximum Gasteiger partial charge on any atom is 0.227 e. The number of benzene rings is 2. The molecule has 0 radical (unpaired) electrons. The topological polar surface area (TPSA) is 66.5 Å². The Bertz CT molecular complexity index is 957. The largest absolute Gasteiger partial charge is 0.321 e. The monoisotopic (exact) mass is 428 g/mol. The molecule has 1 amide bonds. The predicted molar refractivity (Wildman–Crippen MR) is 103 cm³/mol. The third-order valence-corrected chi connectivity index (χ3v) is 6.92. The molecule has 1 saturated heterocycles. The van der Waals surface area contributed by atoms with Gasteiger partial charge < -0.3 is 5.32 Å². The van der Waals surface area contributed by atoms with E-state index in [9.17, 15) is 22.0 Å². The van der Waals surface area contributed by atoms with Gasteiger partial charge in [0, 0.05) is 24.0 Å². The van der Waals surface area contributed by atoms with Gasteiger partial charge in [-0.05, 0) is 36.6 Å². The molecular formula is C19H19ClF2N2O3S. The van der Waals surface area contributed by atoms with Crippen molar-refractivity contribution in [3.05, 3.63) is 64.7 Å². The summed E-state index contributed by atoms with van der Waals surface area (Å²) >= 11 is 6.04. The third-order valence-electron chi connectivity index (χ3n) is 4.72. The molecule has 0 bridgehead atoms. The lowest BCUT2D eigenvalue weighted by molar-refractivity contribution is -0.121. The van der Waals surface area contributed by atoms with Crippen LogP contribution in [0.2, 0.25) is 5.02 Å². The molecule has 2 aromatic rings. The summed E-state index contributed by atoms with van der Waals surface area (Å²) in [4.78, 5) is 12.3. The highest BCUT2D eigenvalue weighted by atomic mass is 35.5. The maximum atomic E-state index is 13.7. The number of sulfonamides is 1. The number of nitrogens with zero attached hydrogens (tertiary/aromatic N) is 1. The minimum atomic E-state index is -3.58. The van der Waals surface area contributed by atoms with Crippen molar-refractivity contribution in [3.63, 3.8) is 0 Å². The lowest BCUT2D eigenvalue weighted by atomic mass is 9.97. The second-order valence-corrected chi connectivity index (χ2v) is 8.98. The zero-order chi connectivity index (χ0) is 20.3. The number of hydrogen-bond acceptors (Lipinski definition) is 3. The SMILES string of the molecule is O=C(Nc1c(F)cccc1F)C1CCN(S(=O)(=O)Cc2ccccc2Cl)CC1. The number of piperidine rings is 1. The number of para-hydroxylation sites is 1. The van der Waals surface area contributed by atoms with Crippen molar-refractivity contribution in [2.24, 2.45) is 5.92 Å². The van der Waals surface area contributed by atoms with Gasteiger partial charge in [-0.3, -0.25) is 4.79 Å². The van der Waals surface area contributed by atoms with E-state index < -0.39 is 39.2 Å². The minimum Gasteiger partial charge on any atom is -0.321 e. The number of anilines is 1. The number of carbonyl (C=O) groups excluding carboxylic acids is 1. The van der Waals surface area contributed by atoms with Gasteiger partial charge in [0.05, 0.1) is 5.75 Å². The van der Waals surface area contributed by atoms with E-state index in [4.69, 9.17) is 11.6 Å². The van der Waals surface area contributed by atoms with Crippen molar-refractivity contribution in [3.8, 4) is 0 Å². The Morgan fingerprint density at radius 1 is 1.07 bits per heavy atom. The fourth-order valence-electron chi connectivity index (χ4n) is 3.14. The number of rotatable bonds is 5. The second kappa shape index (κ2) is 8.55. The van der Waals surface area contributed by atoms with Crippen molar-refractivity contribution in [2.75, 3.05) is 18.4 Å². The highest BCUT2D eigenvalue weighted by Gasteiger charge is 2.32. The molecule has 150 valence electrons. The van der Waals surface area contributed by atoms with Crippen LogP contribution < -0.4 is 5.32 Å². The molecule has 0 aliphatic carbocycles. The quantitative estimate of drug-likeness (QED) is 0.787. The summed E-state index contributed by atoms with van der Waals surface area (Å²) in [5, 5.41) is 2.66. The van der Waals surface area contributed by atoms with Crippen molar-refractivity contribution in [2.45, 2.75) is 18.6 Å². The normalized spacial score (nSPS) is 16.1. The molecule has 0 spiro atoms. The van der Waals surface area contributed by atoms with E-state index in [0.29, 0.717) is 10.6 Å². The van der Waals surface area contributed by atoms with Crippen LogP contribution in [0.5, 0.6) is 0 Å². The summed E-state index contributed by atoms with van der Waals surface area (Å²) in [6.45, 7) is 0.315. The van der Waals surface area contributed by atoms with Crippen LogP contribution in [0.3, 0.4) is 0 Å². The number of amides is 1. The van der Waals surface area contributed by atoms with E-state index in [1.807, 2.05) is 0 Å². The second-order valence-electron chi connectivity index (χ2n) is 6.61. The van der Waals surface area contributed by atoms with Crippen molar-refractivity contribution >= 4 is 33.2 Å². The van der Waals surface area contributed by atoms with Crippen molar-refractivity contribution in [1.82, 2.24) is 4.31 Å². The molecular weight excluding hydrogens is 410 g/mol. The van der Waals surface area contributed by atoms with Gasteiger partial charge in [-0.15, -0.1) is 0 Å². The van der Waals surface area contributed by atoms with Crippen LogP contribution in [-0.4, -0.2) is 31.7 Å². The van der Waals surface area contributed by atoms with E-state index in [1.165, 1.54) is 10.4 Å². The van der Waals surface area contributed by atoms with E-state index >= 15 is 0 Å². The molecule has 2 aromatic carbocycles. The zero-order valence-corrected chi connectivity index (χ0v) is 16.4. The summed E-state index contributed by atoms with van der Waals surface area (Å²) in [5.41, 5.74) is 0.0281. The smallest absolute Gasteiger partial charge is 0.227 e. The Morgan fingerprint density at radius 2 is 1.68 bits per heavy atom. The number of carbonyl (C=O) groups is 1. The third kappa shape index (κ3) is 4.68. The van der Waals surface area contributed by atoms with Gasteiger partial charge in [0.15, 0.2) is 0 Å². The van der Waals surface area contributed by atoms with E-state index in [1.54, 1.807) is 24.3 Å². The molecule has 3 rings (SSSR count). The number of halogens is 3. The van der Waals surface area contributed by atoms with Crippen LogP contribution in [0.15, 0.2) is 42.5 Å². The average Bonchev–Trinajstić information content (AvgIpc) is 2.66. The Balaban J connectivity index is 1.61. The first-order chi connectivity index (χ1) is 13.3. The standard InChI is InChI=1S/C19H19ClF2N2O3S/c20-15-5-2-1-4-14(15)12-28(26,27)24-10-8-13(9-11-24)19(25)23-18-16(21)6-3-7-17(18)22/h1-7,13H,8-12H2,(H,23,25). The van der Waals surface area contributed by atoms with Gasteiger partial charge in [-0.25, -0.2) is 21.5 Å². The number of nitrogens with one attached hydrogen (secondary N) is 1. The van der Waals surface area contributed by atoms with Gasteiger partial charge in [0.1, 0.15) is 17.3 Å². The molecule has 9 heteroatoms. The molecule has 0 atom stereocenters. The predicted octanol–water partition coefficient (Wildman–Crippen LogP) is 3.80. The van der Waals surface area contributed by atoms with Gasteiger partial charge in [0.25, 0.3) is 0 Å². The summed E-state index contributed by atoms with van der Waals surface area (Å²) in [6, 6.07) is 10.1. The van der Waals surface area contributed by atoms with Crippen LogP contribution in [0.1, 0.15) is 18.4 Å². The Labute approximate surface area is 167 Å². The summed E-state index contributed by atoms with van der Waals surface area (Å²) in [7, 11) is -3.58. The van der Waals surface area contributed by atoms with Crippen LogP contribution in [0.4, 0.5) is 14.5 Å². The highest BCUT2D eigenvalue weighted by molar-refractivity contribution is 7.88. The van der Waals surface area contributed by atoms with Crippen LogP contribution in [0, 0.1) is 17.6 Å². The fraction of sp³-hybridized carbons (Fsp3) is 0.316. The summed E-state index contributed by atoms with van der Waals surface area (Å²) in [5.74, 6) is -2.97. The molecule has 0 unspecified atom stereocenters. The van der Waals surface area contributed by atoms with E-state index in [-0.39, 0.29) is 31.7 Å². The Hall–Kier alpha value is -2.03. The highest BCUT2D eigenvalue weighted by Crippen LogP contribution is 2.26. The summed E-state index contributed by atoms with van der Waals surface area (Å²) < 4.78 is 54.0. The Morgan fingerprint density at radius 3 is 2.29 bits per heavy atom. The first-order valence-electron chi connectivity index (χ1n) is 8.74. The van der Waals surface area contributed by atoms with Gasteiger partial charge >= 0.3 is 0 Å². The minimum absolute atomic E-state index is 0.157. The molecule has 1 aliphatic heterocycles. The van der Waals surface area contributed by atoms with Crippen LogP contribution in [0.25, 0.3) is 0 Å². The van der Waals surface area contributed by atoms with Crippen molar-refractivity contribution in [1.29, 1.82) is 0 Å². The first kappa shape index (κ1) is 20.7. The molecule has 0 aromatic heterocycles. The van der Waals surface area contributed by atoms with Crippen LogP contribution in [-0.2, 0) is 20.6 Å². The lowest BCUT2D eigenvalue weighted by Crippen LogP contribution is -2.42. The van der Waals surface area contributed by atoms with Gasteiger partial charge in [-0.1, -0.05) is 35.9 Å². The molecule has 28 heavy (non-hydrogen) atoms. The average molecular weight is 429 g/mol. The van der Waals surface area contributed by atoms with E-state index in [0.717, 1.165) is 12.1 Å². The van der Waals surface area contributed by atoms with E-state index in [2.05, 4.69) is 5.32 Å². The van der Waals surface area contributed by atoms with Crippen molar-refractivity contribution < 1.29 is 22.0 Å². The molecule has 5 nitrogen and oxygen atoms in total. The maximum absolute atomic E-state index is 13.7. The lowest BCUT2D eigenvalue weighted by Gasteiger charge is -2.30. The molecule has 1 heterocycles. The molecule has 1 fully saturated rings. The number of hydrogen-bond donors (Lipinski definition) is 1. The van der Waals surface area contributed by atoms with Gasteiger partial charge in [0.2, 0.25) is 15.9 Å². The Kier molecular flexibility index (Phi) is 6.32. The molecule has 0 saturated carbocycles.